The lowest BCUT2D eigenvalue weighted by Crippen LogP contribution is -2.28. The van der Waals surface area contributed by atoms with Crippen LogP contribution in [0, 0.1) is 11.3 Å². The summed E-state index contributed by atoms with van der Waals surface area (Å²) in [4.78, 5) is 14.3. The molecule has 1 atom stereocenters. The fourth-order valence-electron chi connectivity index (χ4n) is 3.03. The van der Waals surface area contributed by atoms with Crippen molar-refractivity contribution in [3.63, 3.8) is 0 Å². The van der Waals surface area contributed by atoms with Crippen molar-refractivity contribution in [2.45, 2.75) is 25.2 Å². The third-order valence-corrected chi connectivity index (χ3v) is 3.76. The second kappa shape index (κ2) is 3.89. The van der Waals surface area contributed by atoms with Crippen LogP contribution < -0.4 is 4.90 Å². The molecule has 17 heavy (non-hydrogen) atoms. The largest absolute Gasteiger partial charge is 0.370 e. The Morgan fingerprint density at radius 2 is 2.41 bits per heavy atom. The van der Waals surface area contributed by atoms with Crippen molar-refractivity contribution in [1.29, 1.82) is 5.26 Å². The first kappa shape index (κ1) is 10.3. The quantitative estimate of drug-likeness (QED) is 0.775. The minimum atomic E-state index is -0.0808. The van der Waals surface area contributed by atoms with Gasteiger partial charge in [-0.15, -0.1) is 0 Å². The van der Waals surface area contributed by atoms with Crippen molar-refractivity contribution in [3.8, 4) is 6.07 Å². The number of carbonyl (C=O) groups is 1. The lowest BCUT2D eigenvalue weighted by molar-refractivity contribution is -0.119. The van der Waals surface area contributed by atoms with Crippen LogP contribution >= 0.6 is 0 Å². The number of anilines is 1. The number of hydrogen-bond donors (Lipinski definition) is 0. The summed E-state index contributed by atoms with van der Waals surface area (Å²) in [5, 5.41) is 8.65. The normalized spacial score (nSPS) is 20.9. The SMILES string of the molecule is N#CCC(=O)C1CN2CCCc3cccc1c32. The predicted octanol–water partition coefficient (Wildman–Crippen LogP) is 2.02. The van der Waals surface area contributed by atoms with Crippen LogP contribution in [-0.4, -0.2) is 18.9 Å². The van der Waals surface area contributed by atoms with E-state index in [1.54, 1.807) is 0 Å². The highest BCUT2D eigenvalue weighted by Gasteiger charge is 2.35. The Hall–Kier alpha value is -1.82. The molecule has 0 aliphatic carbocycles. The van der Waals surface area contributed by atoms with Crippen molar-refractivity contribution in [3.05, 3.63) is 29.3 Å². The topological polar surface area (TPSA) is 44.1 Å². The van der Waals surface area contributed by atoms with Gasteiger partial charge >= 0.3 is 0 Å². The molecule has 0 amide bonds. The van der Waals surface area contributed by atoms with E-state index in [0.29, 0.717) is 0 Å². The Labute approximate surface area is 101 Å². The zero-order valence-electron chi connectivity index (χ0n) is 9.65. The van der Waals surface area contributed by atoms with E-state index < -0.39 is 0 Å². The minimum Gasteiger partial charge on any atom is -0.370 e. The van der Waals surface area contributed by atoms with E-state index in [2.05, 4.69) is 11.0 Å². The standard InChI is InChI=1S/C14H14N2O/c15-7-6-13(17)12-9-16-8-2-4-10-3-1-5-11(12)14(10)16/h1,3,5,12H,2,4,6,8-9H2. The van der Waals surface area contributed by atoms with Gasteiger partial charge in [-0.25, -0.2) is 0 Å². The van der Waals surface area contributed by atoms with Crippen molar-refractivity contribution in [2.75, 3.05) is 18.0 Å². The van der Waals surface area contributed by atoms with Crippen molar-refractivity contribution in [2.24, 2.45) is 0 Å². The summed E-state index contributed by atoms with van der Waals surface area (Å²) in [6.07, 6.45) is 2.30. The molecule has 0 spiro atoms. The number of hydrogen-bond acceptors (Lipinski definition) is 3. The predicted molar refractivity (Wildman–Crippen MR) is 65.0 cm³/mol. The van der Waals surface area contributed by atoms with E-state index in [-0.39, 0.29) is 18.1 Å². The summed E-state index contributed by atoms with van der Waals surface area (Å²) in [6.45, 7) is 1.81. The number of nitrogens with zero attached hydrogens (tertiary/aromatic N) is 2. The molecular formula is C14H14N2O. The van der Waals surface area contributed by atoms with E-state index in [4.69, 9.17) is 5.26 Å². The maximum atomic E-state index is 12.0. The summed E-state index contributed by atoms with van der Waals surface area (Å²) >= 11 is 0. The van der Waals surface area contributed by atoms with Crippen LogP contribution in [0.3, 0.4) is 0 Å². The molecule has 3 heteroatoms. The minimum absolute atomic E-state index is 0.0299. The monoisotopic (exact) mass is 226 g/mol. The lowest BCUT2D eigenvalue weighted by atomic mass is 9.93. The van der Waals surface area contributed by atoms with Gasteiger partial charge in [-0.1, -0.05) is 18.2 Å². The summed E-state index contributed by atoms with van der Waals surface area (Å²) in [5.74, 6) is -0.0157. The lowest BCUT2D eigenvalue weighted by Gasteiger charge is -2.26. The maximum Gasteiger partial charge on any atom is 0.156 e. The van der Waals surface area contributed by atoms with E-state index in [9.17, 15) is 4.79 Å². The van der Waals surface area contributed by atoms with Gasteiger partial charge in [0.05, 0.1) is 18.4 Å². The van der Waals surface area contributed by atoms with E-state index in [1.165, 1.54) is 11.3 Å². The first-order chi connectivity index (χ1) is 8.31. The highest BCUT2D eigenvalue weighted by Crippen LogP contribution is 2.42. The molecule has 2 heterocycles. The number of benzene rings is 1. The molecule has 0 aromatic heterocycles. The molecule has 0 saturated carbocycles. The van der Waals surface area contributed by atoms with Gasteiger partial charge in [0, 0.05) is 18.8 Å². The van der Waals surface area contributed by atoms with Gasteiger partial charge in [-0.2, -0.15) is 5.26 Å². The first-order valence-electron chi connectivity index (χ1n) is 6.07. The molecule has 1 aromatic carbocycles. The maximum absolute atomic E-state index is 12.0. The van der Waals surface area contributed by atoms with Crippen LogP contribution in [0.25, 0.3) is 0 Å². The number of rotatable bonds is 2. The van der Waals surface area contributed by atoms with Gasteiger partial charge in [0.25, 0.3) is 0 Å². The number of aryl methyl sites for hydroxylation is 1. The fraction of sp³-hybridized carbons (Fsp3) is 0.429. The van der Waals surface area contributed by atoms with Gasteiger partial charge in [-0.3, -0.25) is 4.79 Å². The van der Waals surface area contributed by atoms with Crippen molar-refractivity contribution in [1.82, 2.24) is 0 Å². The Morgan fingerprint density at radius 1 is 1.53 bits per heavy atom. The zero-order chi connectivity index (χ0) is 11.8. The number of ketones is 1. The molecule has 0 saturated heterocycles. The number of para-hydroxylation sites is 1. The number of nitriles is 1. The Kier molecular flexibility index (Phi) is 2.36. The van der Waals surface area contributed by atoms with Crippen LogP contribution in [0.2, 0.25) is 0 Å². The van der Waals surface area contributed by atoms with Crippen LogP contribution in [0.15, 0.2) is 18.2 Å². The molecule has 0 radical (unpaired) electrons. The van der Waals surface area contributed by atoms with Crippen LogP contribution in [0.5, 0.6) is 0 Å². The third-order valence-electron chi connectivity index (χ3n) is 3.76. The Morgan fingerprint density at radius 3 is 3.24 bits per heavy atom. The summed E-state index contributed by atoms with van der Waals surface area (Å²) < 4.78 is 0. The first-order valence-corrected chi connectivity index (χ1v) is 6.07. The molecule has 1 unspecified atom stereocenters. The highest BCUT2D eigenvalue weighted by atomic mass is 16.1. The van der Waals surface area contributed by atoms with Crippen molar-refractivity contribution < 1.29 is 4.79 Å². The highest BCUT2D eigenvalue weighted by molar-refractivity contribution is 5.92. The molecule has 86 valence electrons. The molecule has 3 rings (SSSR count). The third kappa shape index (κ3) is 1.52. The summed E-state index contributed by atoms with van der Waals surface area (Å²) in [5.41, 5.74) is 3.78. The van der Waals surface area contributed by atoms with Crippen LogP contribution in [0.4, 0.5) is 5.69 Å². The van der Waals surface area contributed by atoms with Gasteiger partial charge < -0.3 is 4.90 Å². The van der Waals surface area contributed by atoms with Gasteiger partial charge in [0.1, 0.15) is 0 Å². The van der Waals surface area contributed by atoms with Crippen molar-refractivity contribution >= 4 is 11.5 Å². The smallest absolute Gasteiger partial charge is 0.156 e. The fourth-order valence-corrected chi connectivity index (χ4v) is 3.03. The number of carbonyl (C=O) groups excluding carboxylic acids is 1. The second-order valence-electron chi connectivity index (χ2n) is 4.76. The zero-order valence-corrected chi connectivity index (χ0v) is 9.65. The molecule has 2 aliphatic rings. The van der Waals surface area contributed by atoms with Crippen LogP contribution in [-0.2, 0) is 11.2 Å². The van der Waals surface area contributed by atoms with E-state index in [0.717, 1.165) is 31.5 Å². The van der Waals surface area contributed by atoms with Gasteiger partial charge in [0.2, 0.25) is 0 Å². The molecule has 3 nitrogen and oxygen atoms in total. The average molecular weight is 226 g/mol. The summed E-state index contributed by atoms with van der Waals surface area (Å²) in [7, 11) is 0. The molecule has 0 N–H and O–H groups in total. The average Bonchev–Trinajstić information content (AvgIpc) is 2.72. The molecular weight excluding hydrogens is 212 g/mol. The van der Waals surface area contributed by atoms with Gasteiger partial charge in [-0.05, 0) is 24.0 Å². The number of Topliss-reactive ketones (excluding diaryl/α,β-unsaturated/α-hetero) is 1. The Bertz CT molecular complexity index is 515. The molecule has 0 bridgehead atoms. The summed E-state index contributed by atoms with van der Waals surface area (Å²) in [6, 6.07) is 8.21. The van der Waals surface area contributed by atoms with Gasteiger partial charge in [0.15, 0.2) is 5.78 Å². The van der Waals surface area contributed by atoms with E-state index >= 15 is 0 Å². The molecule has 0 fully saturated rings. The van der Waals surface area contributed by atoms with Crippen LogP contribution in [0.1, 0.15) is 29.9 Å². The molecule has 1 aromatic rings. The molecule has 2 aliphatic heterocycles. The Balaban J connectivity index is 2.03. The second-order valence-corrected chi connectivity index (χ2v) is 4.76. The van der Waals surface area contributed by atoms with E-state index in [1.807, 2.05) is 18.2 Å².